The molecule has 0 unspecified atom stereocenters. The van der Waals surface area contributed by atoms with Gasteiger partial charge in [0.2, 0.25) is 5.91 Å². The van der Waals surface area contributed by atoms with E-state index in [9.17, 15) is 13.2 Å². The number of hydrogen-bond acceptors (Lipinski definition) is 4. The third kappa shape index (κ3) is 4.78. The first-order valence-electron chi connectivity index (χ1n) is 8.15. The van der Waals surface area contributed by atoms with Crippen LogP contribution in [0.15, 0.2) is 17.0 Å². The molecule has 1 amide bonds. The lowest BCUT2D eigenvalue weighted by Crippen LogP contribution is -2.27. The molecule has 1 aromatic rings. The highest BCUT2D eigenvalue weighted by molar-refractivity contribution is 7.91. The van der Waals surface area contributed by atoms with Crippen LogP contribution in [-0.2, 0) is 16.3 Å². The predicted octanol–water partition coefficient (Wildman–Crippen LogP) is 2.16. The van der Waals surface area contributed by atoms with Crippen LogP contribution < -0.4 is 5.73 Å². The summed E-state index contributed by atoms with van der Waals surface area (Å²) in [6.07, 6.45) is 1.09. The van der Waals surface area contributed by atoms with Gasteiger partial charge in [-0.15, -0.1) is 0 Å². The van der Waals surface area contributed by atoms with Crippen LogP contribution in [-0.4, -0.2) is 44.6 Å². The number of carbonyl (C=O) groups excluding carboxylic acids is 1. The highest BCUT2D eigenvalue weighted by Gasteiger charge is 2.25. The number of primary amides is 1. The van der Waals surface area contributed by atoms with E-state index in [0.717, 1.165) is 30.8 Å². The molecule has 0 aliphatic rings. The van der Waals surface area contributed by atoms with Gasteiger partial charge in [0.25, 0.3) is 0 Å². The third-order valence-corrected chi connectivity index (χ3v) is 6.15. The lowest BCUT2D eigenvalue weighted by molar-refractivity contribution is 0.0997. The summed E-state index contributed by atoms with van der Waals surface area (Å²) in [7, 11) is -3.52. The number of rotatable bonds is 9. The van der Waals surface area contributed by atoms with Gasteiger partial charge in [-0.1, -0.05) is 26.8 Å². The van der Waals surface area contributed by atoms with E-state index in [-0.39, 0.29) is 16.2 Å². The summed E-state index contributed by atoms with van der Waals surface area (Å²) < 4.78 is 25.4. The number of nitrogens with two attached hydrogens (primary N) is 1. The van der Waals surface area contributed by atoms with E-state index in [0.29, 0.717) is 12.8 Å². The maximum absolute atomic E-state index is 12.7. The molecule has 0 aromatic heterocycles. The van der Waals surface area contributed by atoms with Gasteiger partial charge in [0.1, 0.15) is 0 Å². The van der Waals surface area contributed by atoms with Gasteiger partial charge >= 0.3 is 0 Å². The minimum atomic E-state index is -3.52. The van der Waals surface area contributed by atoms with Crippen LogP contribution in [0.4, 0.5) is 0 Å². The van der Waals surface area contributed by atoms with Crippen LogP contribution in [0.1, 0.15) is 48.7 Å². The third-order valence-electron chi connectivity index (χ3n) is 4.12. The van der Waals surface area contributed by atoms with Crippen molar-refractivity contribution in [2.75, 3.05) is 25.4 Å². The topological polar surface area (TPSA) is 80.5 Å². The zero-order chi connectivity index (χ0) is 17.6. The van der Waals surface area contributed by atoms with E-state index in [4.69, 9.17) is 5.73 Å². The fraction of sp³-hybridized carbons (Fsp3) is 0.588. The average Bonchev–Trinajstić information content (AvgIpc) is 2.48. The minimum absolute atomic E-state index is 0.0228. The van der Waals surface area contributed by atoms with Crippen LogP contribution in [0.3, 0.4) is 0 Å². The molecule has 130 valence electrons. The number of sulfone groups is 1. The molecule has 23 heavy (non-hydrogen) atoms. The fourth-order valence-electron chi connectivity index (χ4n) is 2.77. The van der Waals surface area contributed by atoms with Gasteiger partial charge in [0, 0.05) is 6.54 Å². The van der Waals surface area contributed by atoms with Crippen molar-refractivity contribution in [3.05, 3.63) is 28.8 Å². The van der Waals surface area contributed by atoms with Gasteiger partial charge in [-0.3, -0.25) is 4.79 Å². The van der Waals surface area contributed by atoms with Crippen molar-refractivity contribution in [3.63, 3.8) is 0 Å². The quantitative estimate of drug-likeness (QED) is 0.747. The monoisotopic (exact) mass is 340 g/mol. The first-order chi connectivity index (χ1) is 10.8. The van der Waals surface area contributed by atoms with Gasteiger partial charge in [-0.2, -0.15) is 0 Å². The number of likely N-dealkylation sites (N-methyl/N-ethyl adjacent to an activating group) is 1. The zero-order valence-corrected chi connectivity index (χ0v) is 15.4. The molecule has 0 radical (unpaired) electrons. The second kappa shape index (κ2) is 8.45. The summed E-state index contributed by atoms with van der Waals surface area (Å²) in [4.78, 5) is 14.1. The van der Waals surface area contributed by atoms with Crippen LogP contribution in [0.25, 0.3) is 0 Å². The molecule has 0 atom stereocenters. The largest absolute Gasteiger partial charge is 0.366 e. The summed E-state index contributed by atoms with van der Waals surface area (Å²) in [6.45, 7) is 10.4. The Morgan fingerprint density at radius 2 is 1.78 bits per heavy atom. The van der Waals surface area contributed by atoms with Crippen molar-refractivity contribution in [1.82, 2.24) is 4.90 Å². The molecule has 0 bridgehead atoms. The summed E-state index contributed by atoms with van der Waals surface area (Å²) >= 11 is 0. The lowest BCUT2D eigenvalue weighted by atomic mass is 10.0. The smallest absolute Gasteiger partial charge is 0.250 e. The maximum atomic E-state index is 12.7. The normalized spacial score (nSPS) is 11.9. The van der Waals surface area contributed by atoms with Gasteiger partial charge in [-0.05, 0) is 50.0 Å². The highest BCUT2D eigenvalue weighted by Crippen LogP contribution is 2.26. The summed E-state index contributed by atoms with van der Waals surface area (Å²) in [5.74, 6) is -0.668. The van der Waals surface area contributed by atoms with E-state index in [1.54, 1.807) is 6.07 Å². The number of carbonyl (C=O) groups is 1. The SMILES string of the molecule is CCCS(=O)(=O)c1c(C(N)=O)ccc(C)c1CCN(CC)CC. The van der Waals surface area contributed by atoms with Gasteiger partial charge in [0.05, 0.1) is 16.2 Å². The molecule has 5 nitrogen and oxygen atoms in total. The molecule has 1 aromatic carbocycles. The first kappa shape index (κ1) is 19.6. The van der Waals surface area contributed by atoms with Crippen molar-refractivity contribution >= 4 is 15.7 Å². The number of aryl methyl sites for hydroxylation is 1. The maximum Gasteiger partial charge on any atom is 0.250 e. The van der Waals surface area contributed by atoms with E-state index >= 15 is 0 Å². The van der Waals surface area contributed by atoms with Gasteiger partial charge in [0.15, 0.2) is 9.84 Å². The van der Waals surface area contributed by atoms with Crippen molar-refractivity contribution < 1.29 is 13.2 Å². The Balaban J connectivity index is 3.43. The number of benzene rings is 1. The Morgan fingerprint density at radius 1 is 1.17 bits per heavy atom. The Bertz CT molecular complexity index is 650. The Kier molecular flexibility index (Phi) is 7.22. The Labute approximate surface area is 139 Å². The average molecular weight is 340 g/mol. The lowest BCUT2D eigenvalue weighted by Gasteiger charge is -2.21. The molecule has 6 heteroatoms. The second-order valence-corrected chi connectivity index (χ2v) is 7.74. The van der Waals surface area contributed by atoms with Crippen molar-refractivity contribution in [2.45, 2.75) is 45.4 Å². The number of nitrogens with zero attached hydrogens (tertiary/aromatic N) is 1. The molecule has 1 rings (SSSR count). The molecule has 0 spiro atoms. The van der Waals surface area contributed by atoms with Crippen LogP contribution in [0.2, 0.25) is 0 Å². The summed E-state index contributed by atoms with van der Waals surface area (Å²) in [5.41, 5.74) is 7.14. The molecular weight excluding hydrogens is 312 g/mol. The Morgan fingerprint density at radius 3 is 2.26 bits per heavy atom. The molecule has 0 saturated carbocycles. The van der Waals surface area contributed by atoms with Crippen molar-refractivity contribution in [1.29, 1.82) is 0 Å². The molecule has 2 N–H and O–H groups in total. The Hall–Kier alpha value is -1.40. The molecule has 0 aliphatic carbocycles. The van der Waals surface area contributed by atoms with Crippen molar-refractivity contribution in [3.8, 4) is 0 Å². The van der Waals surface area contributed by atoms with Crippen molar-refractivity contribution in [2.24, 2.45) is 5.73 Å². The fourth-order valence-corrected chi connectivity index (χ4v) is 4.65. The van der Waals surface area contributed by atoms with Crippen LogP contribution >= 0.6 is 0 Å². The standard InChI is InChI=1S/C17H28N2O3S/c1-5-12-23(21,22)16-14(10-11-19(6-2)7-3)13(4)8-9-15(16)17(18)20/h8-9H,5-7,10-12H2,1-4H3,(H2,18,20). The number of amides is 1. The number of hydrogen-bond donors (Lipinski definition) is 1. The highest BCUT2D eigenvalue weighted by atomic mass is 32.2. The zero-order valence-electron chi connectivity index (χ0n) is 14.6. The van der Waals surface area contributed by atoms with Crippen LogP contribution in [0.5, 0.6) is 0 Å². The first-order valence-corrected chi connectivity index (χ1v) is 9.81. The molecule has 0 fully saturated rings. The molecular formula is C17H28N2O3S. The van der Waals surface area contributed by atoms with Crippen LogP contribution in [0, 0.1) is 6.92 Å². The molecule has 0 aliphatic heterocycles. The summed E-state index contributed by atoms with van der Waals surface area (Å²) in [5, 5.41) is 0. The van der Waals surface area contributed by atoms with E-state index in [1.165, 1.54) is 6.07 Å². The molecule has 0 heterocycles. The predicted molar refractivity (Wildman–Crippen MR) is 93.5 cm³/mol. The second-order valence-electron chi connectivity index (χ2n) is 5.70. The van der Waals surface area contributed by atoms with Gasteiger partial charge < -0.3 is 10.6 Å². The minimum Gasteiger partial charge on any atom is -0.366 e. The van der Waals surface area contributed by atoms with E-state index in [2.05, 4.69) is 18.7 Å². The molecule has 0 saturated heterocycles. The van der Waals surface area contributed by atoms with Gasteiger partial charge in [-0.25, -0.2) is 8.42 Å². The van der Waals surface area contributed by atoms with E-state index in [1.807, 2.05) is 13.8 Å². The van der Waals surface area contributed by atoms with E-state index < -0.39 is 15.7 Å². The summed E-state index contributed by atoms with van der Waals surface area (Å²) in [6, 6.07) is 3.31.